The van der Waals surface area contributed by atoms with Crippen molar-refractivity contribution >= 4 is 11.3 Å². The van der Waals surface area contributed by atoms with E-state index in [4.69, 9.17) is 0 Å². The first-order valence-electron chi connectivity index (χ1n) is 6.58. The Kier molecular flexibility index (Phi) is 4.95. The molecule has 0 bridgehead atoms. The highest BCUT2D eigenvalue weighted by molar-refractivity contribution is 7.09. The van der Waals surface area contributed by atoms with Crippen LogP contribution >= 0.6 is 11.3 Å². The van der Waals surface area contributed by atoms with E-state index in [1.165, 1.54) is 25.0 Å². The second-order valence-corrected chi connectivity index (χ2v) is 5.94. The first kappa shape index (κ1) is 13.0. The molecular weight excluding hydrogens is 232 g/mol. The molecule has 1 aromatic rings. The summed E-state index contributed by atoms with van der Waals surface area (Å²) >= 11 is 1.71. The molecule has 1 aromatic heterocycles. The highest BCUT2D eigenvalue weighted by atomic mass is 32.1. The van der Waals surface area contributed by atoms with Gasteiger partial charge in [-0.1, -0.05) is 19.3 Å². The summed E-state index contributed by atoms with van der Waals surface area (Å²) in [6.07, 6.45) is 6.54. The van der Waals surface area contributed by atoms with Gasteiger partial charge in [-0.25, -0.2) is 4.98 Å². The zero-order chi connectivity index (χ0) is 12.1. The fraction of sp³-hybridized carbons (Fsp3) is 0.769. The SMILES string of the molecule is Cc1nc(CCNC2CCCCCC2O)cs1. The molecule has 2 rings (SSSR count). The number of aliphatic hydroxyl groups excluding tert-OH is 1. The fourth-order valence-electron chi connectivity index (χ4n) is 2.43. The molecule has 1 aliphatic carbocycles. The van der Waals surface area contributed by atoms with Crippen molar-refractivity contribution < 1.29 is 5.11 Å². The number of aromatic nitrogens is 1. The van der Waals surface area contributed by atoms with E-state index in [9.17, 15) is 5.11 Å². The Morgan fingerprint density at radius 3 is 3.00 bits per heavy atom. The van der Waals surface area contributed by atoms with Crippen LogP contribution in [-0.2, 0) is 6.42 Å². The largest absolute Gasteiger partial charge is 0.392 e. The minimum atomic E-state index is -0.158. The first-order valence-corrected chi connectivity index (χ1v) is 7.46. The quantitative estimate of drug-likeness (QED) is 0.810. The van der Waals surface area contributed by atoms with Crippen LogP contribution in [-0.4, -0.2) is 28.8 Å². The number of hydrogen-bond acceptors (Lipinski definition) is 4. The van der Waals surface area contributed by atoms with Crippen molar-refractivity contribution in [1.82, 2.24) is 10.3 Å². The number of aryl methyl sites for hydroxylation is 1. The molecule has 0 aromatic carbocycles. The Bertz CT molecular complexity index is 340. The molecule has 0 spiro atoms. The third kappa shape index (κ3) is 4.05. The van der Waals surface area contributed by atoms with Crippen LogP contribution in [0.1, 0.15) is 42.8 Å². The van der Waals surface area contributed by atoms with E-state index in [-0.39, 0.29) is 12.1 Å². The Balaban J connectivity index is 1.73. The van der Waals surface area contributed by atoms with Gasteiger partial charge in [-0.2, -0.15) is 0 Å². The number of aliphatic hydroxyl groups is 1. The van der Waals surface area contributed by atoms with Gasteiger partial charge in [-0.3, -0.25) is 0 Å². The molecule has 0 saturated heterocycles. The molecule has 2 unspecified atom stereocenters. The van der Waals surface area contributed by atoms with Gasteiger partial charge >= 0.3 is 0 Å². The molecular formula is C13H22N2OS. The Labute approximate surface area is 107 Å². The second-order valence-electron chi connectivity index (χ2n) is 4.87. The van der Waals surface area contributed by atoms with E-state index < -0.39 is 0 Å². The maximum absolute atomic E-state index is 9.97. The molecule has 1 aliphatic rings. The van der Waals surface area contributed by atoms with Crippen LogP contribution in [0.4, 0.5) is 0 Å². The summed E-state index contributed by atoms with van der Waals surface area (Å²) in [7, 11) is 0. The Morgan fingerprint density at radius 2 is 2.24 bits per heavy atom. The van der Waals surface area contributed by atoms with Crippen LogP contribution in [0.2, 0.25) is 0 Å². The zero-order valence-electron chi connectivity index (χ0n) is 10.5. The van der Waals surface area contributed by atoms with Gasteiger partial charge in [0.25, 0.3) is 0 Å². The second kappa shape index (κ2) is 6.47. The summed E-state index contributed by atoms with van der Waals surface area (Å²) in [4.78, 5) is 4.45. The molecule has 0 aliphatic heterocycles. The maximum Gasteiger partial charge on any atom is 0.0897 e. The average Bonchev–Trinajstić information content (AvgIpc) is 2.61. The van der Waals surface area contributed by atoms with Crippen LogP contribution < -0.4 is 5.32 Å². The van der Waals surface area contributed by atoms with E-state index in [2.05, 4.69) is 15.7 Å². The fourth-order valence-corrected chi connectivity index (χ4v) is 3.08. The summed E-state index contributed by atoms with van der Waals surface area (Å²) in [5, 5.41) is 16.7. The minimum Gasteiger partial charge on any atom is -0.392 e. The minimum absolute atomic E-state index is 0.158. The van der Waals surface area contributed by atoms with Crippen LogP contribution in [0.25, 0.3) is 0 Å². The predicted octanol–water partition coefficient (Wildman–Crippen LogP) is 2.28. The molecule has 2 atom stereocenters. The van der Waals surface area contributed by atoms with Gasteiger partial charge in [0, 0.05) is 24.4 Å². The number of rotatable bonds is 4. The number of nitrogens with zero attached hydrogens (tertiary/aromatic N) is 1. The number of nitrogens with one attached hydrogen (secondary N) is 1. The van der Waals surface area contributed by atoms with Gasteiger partial charge in [-0.15, -0.1) is 11.3 Å². The van der Waals surface area contributed by atoms with Crippen molar-refractivity contribution in [1.29, 1.82) is 0 Å². The molecule has 3 nitrogen and oxygen atoms in total. The van der Waals surface area contributed by atoms with Gasteiger partial charge in [0.2, 0.25) is 0 Å². The summed E-state index contributed by atoms with van der Waals surface area (Å²) in [5.41, 5.74) is 1.17. The van der Waals surface area contributed by atoms with Crippen LogP contribution in [0.3, 0.4) is 0 Å². The van der Waals surface area contributed by atoms with E-state index in [0.717, 1.165) is 30.8 Å². The lowest BCUT2D eigenvalue weighted by Crippen LogP contribution is -2.40. The van der Waals surface area contributed by atoms with E-state index in [1.54, 1.807) is 11.3 Å². The summed E-state index contributed by atoms with van der Waals surface area (Å²) in [5.74, 6) is 0. The van der Waals surface area contributed by atoms with Gasteiger partial charge in [0.15, 0.2) is 0 Å². The van der Waals surface area contributed by atoms with Gasteiger partial charge in [0.05, 0.1) is 16.8 Å². The van der Waals surface area contributed by atoms with Gasteiger partial charge < -0.3 is 10.4 Å². The summed E-state index contributed by atoms with van der Waals surface area (Å²) < 4.78 is 0. The lowest BCUT2D eigenvalue weighted by atomic mass is 10.1. The molecule has 1 fully saturated rings. The molecule has 1 heterocycles. The van der Waals surface area contributed by atoms with Crippen molar-refractivity contribution in [2.24, 2.45) is 0 Å². The molecule has 4 heteroatoms. The molecule has 1 saturated carbocycles. The van der Waals surface area contributed by atoms with Crippen molar-refractivity contribution in [2.45, 2.75) is 57.6 Å². The summed E-state index contributed by atoms with van der Waals surface area (Å²) in [6.45, 7) is 2.96. The molecule has 0 amide bonds. The average molecular weight is 254 g/mol. The van der Waals surface area contributed by atoms with Gasteiger partial charge in [-0.05, 0) is 19.8 Å². The maximum atomic E-state index is 9.97. The molecule has 17 heavy (non-hydrogen) atoms. The smallest absolute Gasteiger partial charge is 0.0897 e. The number of thiazole rings is 1. The van der Waals surface area contributed by atoms with Crippen molar-refractivity contribution in [3.8, 4) is 0 Å². The van der Waals surface area contributed by atoms with E-state index >= 15 is 0 Å². The Morgan fingerprint density at radius 1 is 1.41 bits per heavy atom. The Hall–Kier alpha value is -0.450. The molecule has 96 valence electrons. The van der Waals surface area contributed by atoms with Crippen LogP contribution in [0.15, 0.2) is 5.38 Å². The third-order valence-electron chi connectivity index (χ3n) is 3.43. The molecule has 2 N–H and O–H groups in total. The monoisotopic (exact) mass is 254 g/mol. The first-order chi connectivity index (χ1) is 8.25. The summed E-state index contributed by atoms with van der Waals surface area (Å²) in [6, 6.07) is 0.289. The standard InChI is InChI=1S/C13H22N2OS/c1-10-15-11(9-17-10)7-8-14-12-5-3-2-4-6-13(12)16/h9,12-14,16H,2-8H2,1H3. The highest BCUT2D eigenvalue weighted by Gasteiger charge is 2.20. The van der Waals surface area contributed by atoms with E-state index in [1.807, 2.05) is 6.92 Å². The zero-order valence-corrected chi connectivity index (χ0v) is 11.3. The lowest BCUT2D eigenvalue weighted by molar-refractivity contribution is 0.120. The molecule has 0 radical (unpaired) electrons. The highest BCUT2D eigenvalue weighted by Crippen LogP contribution is 2.18. The number of hydrogen-bond donors (Lipinski definition) is 2. The topological polar surface area (TPSA) is 45.2 Å². The third-order valence-corrected chi connectivity index (χ3v) is 4.26. The van der Waals surface area contributed by atoms with E-state index in [0.29, 0.717) is 0 Å². The van der Waals surface area contributed by atoms with Crippen molar-refractivity contribution in [3.05, 3.63) is 16.1 Å². The van der Waals surface area contributed by atoms with Crippen LogP contribution in [0.5, 0.6) is 0 Å². The van der Waals surface area contributed by atoms with Crippen molar-refractivity contribution in [2.75, 3.05) is 6.54 Å². The van der Waals surface area contributed by atoms with Gasteiger partial charge in [0.1, 0.15) is 0 Å². The van der Waals surface area contributed by atoms with Crippen LogP contribution in [0, 0.1) is 6.92 Å². The van der Waals surface area contributed by atoms with Crippen molar-refractivity contribution in [3.63, 3.8) is 0 Å². The normalized spacial score (nSPS) is 25.8. The lowest BCUT2D eigenvalue weighted by Gasteiger charge is -2.21. The predicted molar refractivity (Wildman–Crippen MR) is 71.4 cm³/mol.